The lowest BCUT2D eigenvalue weighted by Crippen LogP contribution is -2.45. The average Bonchev–Trinajstić information content (AvgIpc) is 2.55. The maximum Gasteiger partial charge on any atom is 0.253 e. The molecule has 2 amide bonds. The van der Waals surface area contributed by atoms with E-state index in [0.29, 0.717) is 25.2 Å². The van der Waals surface area contributed by atoms with E-state index in [2.05, 4.69) is 12.2 Å². The van der Waals surface area contributed by atoms with E-state index in [4.69, 9.17) is 0 Å². The zero-order valence-electron chi connectivity index (χ0n) is 13.0. The van der Waals surface area contributed by atoms with Gasteiger partial charge in [-0.1, -0.05) is 13.3 Å². The van der Waals surface area contributed by atoms with Crippen molar-refractivity contribution >= 4 is 11.8 Å². The van der Waals surface area contributed by atoms with Gasteiger partial charge in [0.15, 0.2) is 0 Å². The molecule has 0 radical (unpaired) electrons. The van der Waals surface area contributed by atoms with Gasteiger partial charge in [-0.3, -0.25) is 9.59 Å². The molecule has 0 aromatic heterocycles. The minimum Gasteiger partial charge on any atom is -0.356 e. The van der Waals surface area contributed by atoms with Crippen molar-refractivity contribution in [1.82, 2.24) is 10.2 Å². The van der Waals surface area contributed by atoms with Crippen molar-refractivity contribution in [2.45, 2.75) is 32.6 Å². The van der Waals surface area contributed by atoms with E-state index in [9.17, 15) is 14.0 Å². The number of unbranched alkanes of at least 4 members (excludes halogenated alkanes) is 1. The number of nitrogens with zero attached hydrogens (tertiary/aromatic N) is 1. The van der Waals surface area contributed by atoms with Gasteiger partial charge in [-0.15, -0.1) is 0 Å². The molecule has 1 aliphatic heterocycles. The minimum absolute atomic E-state index is 0.0325. The average molecular weight is 306 g/mol. The molecule has 1 aromatic rings. The van der Waals surface area contributed by atoms with Gasteiger partial charge in [0.1, 0.15) is 5.82 Å². The van der Waals surface area contributed by atoms with Crippen molar-refractivity contribution in [3.8, 4) is 0 Å². The Morgan fingerprint density at radius 2 is 2.05 bits per heavy atom. The molecule has 1 aromatic carbocycles. The molecule has 1 heterocycles. The number of benzene rings is 1. The third-order valence-electron chi connectivity index (χ3n) is 4.00. The molecule has 1 fully saturated rings. The van der Waals surface area contributed by atoms with Gasteiger partial charge < -0.3 is 10.2 Å². The number of likely N-dealkylation sites (tertiary alicyclic amines) is 1. The van der Waals surface area contributed by atoms with Gasteiger partial charge >= 0.3 is 0 Å². The first kappa shape index (κ1) is 16.5. The molecule has 1 aliphatic rings. The van der Waals surface area contributed by atoms with Crippen molar-refractivity contribution in [3.63, 3.8) is 0 Å². The number of amides is 2. The molecule has 0 unspecified atom stereocenters. The molecule has 4 nitrogen and oxygen atoms in total. The molecular formula is C17H23FN2O2. The molecule has 1 N–H and O–H groups in total. The number of hydrogen-bond donors (Lipinski definition) is 1. The quantitative estimate of drug-likeness (QED) is 0.850. The van der Waals surface area contributed by atoms with Crippen LogP contribution in [-0.2, 0) is 4.79 Å². The number of piperidine rings is 1. The van der Waals surface area contributed by atoms with Gasteiger partial charge in [0, 0.05) is 25.2 Å². The van der Waals surface area contributed by atoms with Crippen LogP contribution in [0.1, 0.15) is 43.0 Å². The number of hydrogen-bond acceptors (Lipinski definition) is 2. The van der Waals surface area contributed by atoms with E-state index in [1.54, 1.807) is 4.90 Å². The highest BCUT2D eigenvalue weighted by molar-refractivity contribution is 5.94. The van der Waals surface area contributed by atoms with Crippen LogP contribution in [0.15, 0.2) is 24.3 Å². The Morgan fingerprint density at radius 1 is 1.32 bits per heavy atom. The first-order chi connectivity index (χ1) is 10.6. The largest absolute Gasteiger partial charge is 0.356 e. The predicted octanol–water partition coefficient (Wildman–Crippen LogP) is 2.59. The lowest BCUT2D eigenvalue weighted by atomic mass is 9.96. The summed E-state index contributed by atoms with van der Waals surface area (Å²) in [5, 5.41) is 2.93. The summed E-state index contributed by atoms with van der Waals surface area (Å²) in [5.41, 5.74) is 0.466. The molecule has 120 valence electrons. The Hall–Kier alpha value is -1.91. The van der Waals surface area contributed by atoms with E-state index in [1.165, 1.54) is 24.3 Å². The summed E-state index contributed by atoms with van der Waals surface area (Å²) in [6.07, 6.45) is 3.64. The highest BCUT2D eigenvalue weighted by Gasteiger charge is 2.28. The molecule has 1 atom stereocenters. The second kappa shape index (κ2) is 7.92. The van der Waals surface area contributed by atoms with Crippen LogP contribution in [0.25, 0.3) is 0 Å². The smallest absolute Gasteiger partial charge is 0.253 e. The molecule has 2 rings (SSSR count). The lowest BCUT2D eigenvalue weighted by molar-refractivity contribution is -0.126. The summed E-state index contributed by atoms with van der Waals surface area (Å²) < 4.78 is 12.9. The van der Waals surface area contributed by atoms with Crippen molar-refractivity contribution in [1.29, 1.82) is 0 Å². The monoisotopic (exact) mass is 306 g/mol. The topological polar surface area (TPSA) is 49.4 Å². The van der Waals surface area contributed by atoms with Crippen LogP contribution < -0.4 is 5.32 Å². The Bertz CT molecular complexity index is 516. The number of halogens is 1. The van der Waals surface area contributed by atoms with Crippen LogP contribution in [-0.4, -0.2) is 36.3 Å². The Morgan fingerprint density at radius 3 is 2.73 bits per heavy atom. The zero-order valence-corrected chi connectivity index (χ0v) is 13.0. The van der Waals surface area contributed by atoms with E-state index in [1.807, 2.05) is 0 Å². The van der Waals surface area contributed by atoms with Crippen molar-refractivity contribution in [2.75, 3.05) is 19.6 Å². The van der Waals surface area contributed by atoms with Crippen LogP contribution >= 0.6 is 0 Å². The van der Waals surface area contributed by atoms with Gasteiger partial charge in [0.05, 0.1) is 5.92 Å². The third kappa shape index (κ3) is 4.29. The summed E-state index contributed by atoms with van der Waals surface area (Å²) in [7, 11) is 0. The van der Waals surface area contributed by atoms with Gasteiger partial charge in [0.2, 0.25) is 5.91 Å². The normalized spacial score (nSPS) is 18.1. The minimum atomic E-state index is -0.358. The van der Waals surface area contributed by atoms with Crippen molar-refractivity contribution < 1.29 is 14.0 Å². The summed E-state index contributed by atoms with van der Waals surface area (Å²) in [4.78, 5) is 26.2. The Kier molecular flexibility index (Phi) is 5.92. The lowest BCUT2D eigenvalue weighted by Gasteiger charge is -2.32. The van der Waals surface area contributed by atoms with Gasteiger partial charge in [-0.25, -0.2) is 4.39 Å². The van der Waals surface area contributed by atoms with Crippen LogP contribution in [0.3, 0.4) is 0 Å². The fourth-order valence-electron chi connectivity index (χ4n) is 2.68. The number of rotatable bonds is 5. The second-order valence-electron chi connectivity index (χ2n) is 5.74. The number of nitrogens with one attached hydrogen (secondary N) is 1. The second-order valence-corrected chi connectivity index (χ2v) is 5.74. The maximum atomic E-state index is 12.9. The zero-order chi connectivity index (χ0) is 15.9. The number of carbonyl (C=O) groups is 2. The predicted molar refractivity (Wildman–Crippen MR) is 82.9 cm³/mol. The van der Waals surface area contributed by atoms with Crippen LogP contribution in [0.5, 0.6) is 0 Å². The fraction of sp³-hybridized carbons (Fsp3) is 0.529. The van der Waals surface area contributed by atoms with Crippen LogP contribution in [0, 0.1) is 11.7 Å². The first-order valence-electron chi connectivity index (χ1n) is 7.94. The SMILES string of the molecule is CCCCNC(=O)[C@H]1CCCN(C(=O)c2ccc(F)cc2)C1. The van der Waals surface area contributed by atoms with Crippen LogP contribution in [0.2, 0.25) is 0 Å². The van der Waals surface area contributed by atoms with E-state index < -0.39 is 0 Å². The first-order valence-corrected chi connectivity index (χ1v) is 7.94. The van der Waals surface area contributed by atoms with Crippen molar-refractivity contribution in [3.05, 3.63) is 35.6 Å². The van der Waals surface area contributed by atoms with Crippen LogP contribution in [0.4, 0.5) is 4.39 Å². The standard InChI is InChI=1S/C17H23FN2O2/c1-2-3-10-19-16(21)14-5-4-11-20(12-14)17(22)13-6-8-15(18)9-7-13/h6-9,14H,2-5,10-12H2,1H3,(H,19,21)/t14-/m0/s1. The summed E-state index contributed by atoms with van der Waals surface area (Å²) >= 11 is 0. The maximum absolute atomic E-state index is 12.9. The van der Waals surface area contributed by atoms with Gasteiger partial charge in [-0.05, 0) is 43.5 Å². The highest BCUT2D eigenvalue weighted by Crippen LogP contribution is 2.19. The molecule has 1 saturated heterocycles. The van der Waals surface area contributed by atoms with E-state index >= 15 is 0 Å². The molecular weight excluding hydrogens is 283 g/mol. The van der Waals surface area contributed by atoms with Crippen molar-refractivity contribution in [2.24, 2.45) is 5.92 Å². The third-order valence-corrected chi connectivity index (χ3v) is 4.00. The summed E-state index contributed by atoms with van der Waals surface area (Å²) in [6, 6.07) is 5.55. The molecule has 5 heteroatoms. The molecule has 0 spiro atoms. The molecule has 0 aliphatic carbocycles. The van der Waals surface area contributed by atoms with Gasteiger partial charge in [0.25, 0.3) is 5.91 Å². The number of carbonyl (C=O) groups excluding carboxylic acids is 2. The highest BCUT2D eigenvalue weighted by atomic mass is 19.1. The summed E-state index contributed by atoms with van der Waals surface area (Å²) in [5.74, 6) is -0.602. The Labute approximate surface area is 130 Å². The van der Waals surface area contributed by atoms with Gasteiger partial charge in [-0.2, -0.15) is 0 Å². The Balaban J connectivity index is 1.93. The van der Waals surface area contributed by atoms with E-state index in [0.717, 1.165) is 25.7 Å². The molecule has 0 saturated carbocycles. The fourth-order valence-corrected chi connectivity index (χ4v) is 2.68. The van der Waals surface area contributed by atoms with E-state index in [-0.39, 0.29) is 23.5 Å². The molecule has 22 heavy (non-hydrogen) atoms. The summed E-state index contributed by atoms with van der Waals surface area (Å²) in [6.45, 7) is 3.86. The molecule has 0 bridgehead atoms.